The summed E-state index contributed by atoms with van der Waals surface area (Å²) in [6.45, 7) is 0. The molecule has 0 aliphatic heterocycles. The summed E-state index contributed by atoms with van der Waals surface area (Å²) >= 11 is 8.28. The second-order valence-corrected chi connectivity index (χ2v) is 4.02. The van der Waals surface area contributed by atoms with E-state index in [2.05, 4.69) is 23.4 Å². The van der Waals surface area contributed by atoms with Crippen LogP contribution in [0.5, 0.6) is 0 Å². The second kappa shape index (κ2) is 3.22. The summed E-state index contributed by atoms with van der Waals surface area (Å²) in [5.41, 5.74) is 6.89. The fourth-order valence-corrected chi connectivity index (χ4v) is 0.594. The Morgan fingerprint density at radius 3 is 2.33 bits per heavy atom. The normalized spacial score (nSPS) is 16.1. The molecule has 0 heterocycles. The van der Waals surface area contributed by atoms with E-state index in [1.165, 1.54) is 0 Å². The number of thiocarbonyl (C=S) groups is 1. The van der Waals surface area contributed by atoms with Gasteiger partial charge in [-0.1, -0.05) is 0 Å². The third kappa shape index (κ3) is 7.98. The Balaban J connectivity index is 3.67. The zero-order chi connectivity index (χ0) is 7.49. The van der Waals surface area contributed by atoms with Crippen LogP contribution in [0, 0.1) is 0 Å². The summed E-state index contributed by atoms with van der Waals surface area (Å²) < 4.78 is 18.5. The van der Waals surface area contributed by atoms with E-state index in [-0.39, 0.29) is 5.11 Å². The predicted molar refractivity (Wildman–Crippen MR) is 41.2 cm³/mol. The third-order valence-corrected chi connectivity index (χ3v) is 1.02. The minimum absolute atomic E-state index is 0.137. The maximum absolute atomic E-state index is 10.2. The van der Waals surface area contributed by atoms with E-state index in [1.807, 2.05) is 5.43 Å². The lowest BCUT2D eigenvalue weighted by Gasteiger charge is -2.02. The summed E-state index contributed by atoms with van der Waals surface area (Å²) in [6, 6.07) is 0. The van der Waals surface area contributed by atoms with Crippen LogP contribution in [0.3, 0.4) is 0 Å². The fraction of sp³-hybridized carbons (Fsp3) is 0. The SMILES string of the molecule is NC(=S)NNS(=O)(O)=S. The first-order chi connectivity index (χ1) is 3.92. The molecule has 1 atom stereocenters. The van der Waals surface area contributed by atoms with Gasteiger partial charge in [0, 0.05) is 11.2 Å². The molecule has 0 aromatic rings. The summed E-state index contributed by atoms with van der Waals surface area (Å²) in [5.74, 6) is 0. The standard InChI is InChI=1S/CH5N3O2S3/c2-1(7)3-4-9(5,6)8/h4H,(H3,2,3,7)(H,5,6,8). The van der Waals surface area contributed by atoms with Gasteiger partial charge in [-0.05, 0) is 12.2 Å². The van der Waals surface area contributed by atoms with Crippen LogP contribution >= 0.6 is 12.2 Å². The minimum Gasteiger partial charge on any atom is -0.375 e. The van der Waals surface area contributed by atoms with Gasteiger partial charge in [0.05, 0.1) is 0 Å². The molecule has 0 fully saturated rings. The molecule has 0 aliphatic rings. The smallest absolute Gasteiger partial charge is 0.224 e. The molecule has 0 bridgehead atoms. The highest BCUT2D eigenvalue weighted by Gasteiger charge is 1.94. The van der Waals surface area contributed by atoms with Crippen LogP contribution in [0.25, 0.3) is 0 Å². The molecule has 5 nitrogen and oxygen atoms in total. The topological polar surface area (TPSA) is 87.4 Å². The first-order valence-electron chi connectivity index (χ1n) is 1.71. The summed E-state index contributed by atoms with van der Waals surface area (Å²) in [6.07, 6.45) is 0. The Labute approximate surface area is 62.6 Å². The van der Waals surface area contributed by atoms with Crippen molar-refractivity contribution in [3.05, 3.63) is 0 Å². The summed E-state index contributed by atoms with van der Waals surface area (Å²) in [4.78, 5) is 1.80. The van der Waals surface area contributed by atoms with Gasteiger partial charge in [0.25, 0.3) is 0 Å². The van der Waals surface area contributed by atoms with E-state index in [0.717, 1.165) is 0 Å². The van der Waals surface area contributed by atoms with Crippen molar-refractivity contribution >= 4 is 37.5 Å². The zero-order valence-electron chi connectivity index (χ0n) is 4.16. The van der Waals surface area contributed by atoms with Crippen LogP contribution in [0.1, 0.15) is 0 Å². The van der Waals surface area contributed by atoms with Crippen molar-refractivity contribution in [1.82, 2.24) is 10.3 Å². The van der Waals surface area contributed by atoms with Gasteiger partial charge in [-0.25, -0.2) is 4.21 Å². The van der Waals surface area contributed by atoms with Crippen molar-refractivity contribution < 1.29 is 8.76 Å². The summed E-state index contributed by atoms with van der Waals surface area (Å²) in [7, 11) is -3.41. The molecular weight excluding hydrogens is 182 g/mol. The second-order valence-electron chi connectivity index (χ2n) is 1.07. The van der Waals surface area contributed by atoms with Crippen LogP contribution in [-0.2, 0) is 20.1 Å². The molecule has 5 N–H and O–H groups in total. The minimum atomic E-state index is -3.41. The van der Waals surface area contributed by atoms with Gasteiger partial charge >= 0.3 is 0 Å². The van der Waals surface area contributed by atoms with Crippen molar-refractivity contribution in [2.45, 2.75) is 0 Å². The average Bonchev–Trinajstić information content (AvgIpc) is 1.59. The molecule has 54 valence electrons. The van der Waals surface area contributed by atoms with Crippen molar-refractivity contribution in [2.75, 3.05) is 0 Å². The lowest BCUT2D eigenvalue weighted by molar-refractivity contribution is 0.542. The number of hydrogen-bond donors (Lipinski definition) is 4. The number of hydrogen-bond acceptors (Lipinski definition) is 3. The van der Waals surface area contributed by atoms with E-state index in [9.17, 15) is 4.21 Å². The molecule has 0 aliphatic carbocycles. The Morgan fingerprint density at radius 2 is 2.22 bits per heavy atom. The van der Waals surface area contributed by atoms with Crippen molar-refractivity contribution in [1.29, 1.82) is 0 Å². The number of rotatable bonds is 2. The Morgan fingerprint density at radius 1 is 1.78 bits per heavy atom. The van der Waals surface area contributed by atoms with Gasteiger partial charge in [-0.3, -0.25) is 9.98 Å². The molecule has 9 heavy (non-hydrogen) atoms. The Hall–Kier alpha value is -0.0200. The van der Waals surface area contributed by atoms with Crippen molar-refractivity contribution in [3.63, 3.8) is 0 Å². The molecule has 0 amide bonds. The van der Waals surface area contributed by atoms with E-state index < -0.39 is 8.96 Å². The first-order valence-corrected chi connectivity index (χ1v) is 4.56. The van der Waals surface area contributed by atoms with Gasteiger partial charge in [0.1, 0.15) is 0 Å². The summed E-state index contributed by atoms with van der Waals surface area (Å²) in [5, 5.41) is -0.137. The van der Waals surface area contributed by atoms with Crippen molar-refractivity contribution in [3.8, 4) is 0 Å². The Bertz CT molecular complexity index is 195. The average molecular weight is 187 g/mol. The van der Waals surface area contributed by atoms with E-state index in [1.54, 1.807) is 4.83 Å². The first kappa shape index (κ1) is 8.98. The van der Waals surface area contributed by atoms with Crippen LogP contribution in [0.2, 0.25) is 0 Å². The number of nitrogens with two attached hydrogens (primary N) is 1. The van der Waals surface area contributed by atoms with E-state index >= 15 is 0 Å². The number of hydrazine groups is 1. The van der Waals surface area contributed by atoms with Crippen LogP contribution in [-0.4, -0.2) is 13.9 Å². The van der Waals surface area contributed by atoms with Crippen molar-refractivity contribution in [2.24, 2.45) is 5.73 Å². The van der Waals surface area contributed by atoms with Gasteiger partial charge in [0.15, 0.2) is 5.11 Å². The largest absolute Gasteiger partial charge is 0.375 e. The zero-order valence-corrected chi connectivity index (χ0v) is 6.61. The molecular formula is CH5N3O2S3. The van der Waals surface area contributed by atoms with Gasteiger partial charge in [-0.15, -0.1) is 4.83 Å². The van der Waals surface area contributed by atoms with E-state index in [4.69, 9.17) is 10.3 Å². The highest BCUT2D eigenvalue weighted by Crippen LogP contribution is 1.66. The lowest BCUT2D eigenvalue weighted by Crippen LogP contribution is -2.43. The molecule has 0 radical (unpaired) electrons. The third-order valence-electron chi connectivity index (χ3n) is 0.303. The molecule has 0 saturated carbocycles. The van der Waals surface area contributed by atoms with Gasteiger partial charge in [-0.2, -0.15) is 0 Å². The van der Waals surface area contributed by atoms with E-state index in [0.29, 0.717) is 0 Å². The highest BCUT2D eigenvalue weighted by atomic mass is 32.8. The fourth-order valence-electron chi connectivity index (χ4n) is 0.115. The van der Waals surface area contributed by atoms with Gasteiger partial charge < -0.3 is 5.73 Å². The quantitative estimate of drug-likeness (QED) is 0.309. The molecule has 8 heteroatoms. The van der Waals surface area contributed by atoms with Gasteiger partial charge in [0.2, 0.25) is 8.96 Å². The Kier molecular flexibility index (Phi) is 3.22. The maximum Gasteiger partial charge on any atom is 0.224 e. The lowest BCUT2D eigenvalue weighted by atomic mass is 11.2. The molecule has 0 aromatic heterocycles. The monoisotopic (exact) mass is 187 g/mol. The van der Waals surface area contributed by atoms with Crippen LogP contribution in [0.15, 0.2) is 0 Å². The molecule has 1 unspecified atom stereocenters. The molecule has 0 spiro atoms. The predicted octanol–water partition coefficient (Wildman–Crippen LogP) is -1.54. The maximum atomic E-state index is 10.2. The molecule has 0 rings (SSSR count). The van der Waals surface area contributed by atoms with Crippen LogP contribution in [0.4, 0.5) is 0 Å². The molecule has 0 aromatic carbocycles. The molecule has 0 saturated heterocycles. The number of nitrogens with one attached hydrogen (secondary N) is 2. The van der Waals surface area contributed by atoms with Crippen LogP contribution < -0.4 is 16.0 Å². The highest BCUT2D eigenvalue weighted by molar-refractivity contribution is 8.28.